The van der Waals surface area contributed by atoms with Crippen molar-refractivity contribution >= 4 is 17.6 Å². The fourth-order valence-electron chi connectivity index (χ4n) is 3.33. The topological polar surface area (TPSA) is 57.6 Å². The zero-order valence-corrected chi connectivity index (χ0v) is 11.9. The molecule has 4 heteroatoms. The minimum Gasteiger partial charge on any atom is -0.481 e. The molecule has 0 saturated heterocycles. The lowest BCUT2D eigenvalue weighted by molar-refractivity contribution is -0.137. The number of hydrogen-bond acceptors (Lipinski definition) is 2. The van der Waals surface area contributed by atoms with Gasteiger partial charge in [-0.15, -0.1) is 0 Å². The number of carboxylic acid groups (broad SMARTS) is 1. The summed E-state index contributed by atoms with van der Waals surface area (Å²) < 4.78 is 0. The van der Waals surface area contributed by atoms with Crippen LogP contribution in [0.1, 0.15) is 37.2 Å². The summed E-state index contributed by atoms with van der Waals surface area (Å²) in [5.74, 6) is -0.738. The molecule has 1 aliphatic carbocycles. The average Bonchev–Trinajstić information content (AvgIpc) is 2.86. The van der Waals surface area contributed by atoms with E-state index in [4.69, 9.17) is 5.11 Å². The van der Waals surface area contributed by atoms with Crippen molar-refractivity contribution in [1.82, 2.24) is 0 Å². The highest BCUT2D eigenvalue weighted by molar-refractivity contribution is 5.97. The molecule has 1 heterocycles. The summed E-state index contributed by atoms with van der Waals surface area (Å²) in [6.07, 6.45) is 6.90. The lowest BCUT2D eigenvalue weighted by atomic mass is 9.93. The van der Waals surface area contributed by atoms with Crippen LogP contribution in [0.5, 0.6) is 0 Å². The Morgan fingerprint density at radius 3 is 2.76 bits per heavy atom. The number of amides is 1. The molecule has 1 aromatic carbocycles. The number of carbonyl (C=O) groups is 2. The number of para-hydroxylation sites is 1. The minimum absolute atomic E-state index is 0.0339. The molecule has 0 radical (unpaired) electrons. The predicted molar refractivity (Wildman–Crippen MR) is 80.3 cm³/mol. The zero-order chi connectivity index (χ0) is 14.8. The lowest BCUT2D eigenvalue weighted by Crippen LogP contribution is -2.36. The van der Waals surface area contributed by atoms with E-state index in [1.165, 1.54) is 0 Å². The number of nitrogens with zero attached hydrogens (tertiary/aromatic N) is 1. The van der Waals surface area contributed by atoms with Crippen molar-refractivity contribution in [2.24, 2.45) is 5.92 Å². The van der Waals surface area contributed by atoms with E-state index in [0.717, 1.165) is 30.5 Å². The molecule has 1 N–H and O–H groups in total. The molecule has 0 bridgehead atoms. The second-order valence-electron chi connectivity index (χ2n) is 5.78. The molecular weight excluding hydrogens is 266 g/mol. The predicted octanol–water partition coefficient (Wildman–Crippen LogP) is 2.95. The van der Waals surface area contributed by atoms with Crippen molar-refractivity contribution in [2.45, 2.75) is 31.6 Å². The first-order chi connectivity index (χ1) is 10.2. The highest BCUT2D eigenvalue weighted by Gasteiger charge is 2.35. The number of carboxylic acids is 1. The highest BCUT2D eigenvalue weighted by atomic mass is 16.4. The van der Waals surface area contributed by atoms with Gasteiger partial charge in [0, 0.05) is 24.1 Å². The summed E-state index contributed by atoms with van der Waals surface area (Å²) in [5, 5.41) is 9.06. The van der Waals surface area contributed by atoms with Crippen LogP contribution < -0.4 is 4.90 Å². The minimum atomic E-state index is -0.815. The van der Waals surface area contributed by atoms with Crippen LogP contribution in [0.4, 0.5) is 5.69 Å². The summed E-state index contributed by atoms with van der Waals surface area (Å²) in [7, 11) is 0. The van der Waals surface area contributed by atoms with Crippen molar-refractivity contribution < 1.29 is 14.7 Å². The molecular formula is C17H19NO3. The smallest absolute Gasteiger partial charge is 0.304 e. The maximum atomic E-state index is 12.7. The van der Waals surface area contributed by atoms with Gasteiger partial charge in [0.1, 0.15) is 0 Å². The van der Waals surface area contributed by atoms with Crippen LogP contribution in [0.3, 0.4) is 0 Å². The maximum absolute atomic E-state index is 12.7. The molecule has 0 fully saturated rings. The standard InChI is InChI=1S/C17H19NO3/c19-16(20)10-13-11-18(15-9-5-4-8-14(13)15)17(21)12-6-2-1-3-7-12/h1-2,4-5,8-9,12-13H,3,6-7,10-11H2,(H,19,20). The van der Waals surface area contributed by atoms with Gasteiger partial charge in [-0.3, -0.25) is 9.59 Å². The Kier molecular flexibility index (Phi) is 3.78. The first-order valence-corrected chi connectivity index (χ1v) is 7.44. The molecule has 3 rings (SSSR count). The van der Waals surface area contributed by atoms with E-state index in [-0.39, 0.29) is 24.2 Å². The van der Waals surface area contributed by atoms with Crippen LogP contribution in [0, 0.1) is 5.92 Å². The van der Waals surface area contributed by atoms with Gasteiger partial charge >= 0.3 is 5.97 Å². The highest BCUT2D eigenvalue weighted by Crippen LogP contribution is 2.39. The van der Waals surface area contributed by atoms with Gasteiger partial charge in [-0.2, -0.15) is 0 Å². The van der Waals surface area contributed by atoms with Gasteiger partial charge < -0.3 is 10.0 Å². The van der Waals surface area contributed by atoms with E-state index in [1.54, 1.807) is 4.90 Å². The van der Waals surface area contributed by atoms with Crippen LogP contribution in [-0.2, 0) is 9.59 Å². The van der Waals surface area contributed by atoms with Crippen LogP contribution >= 0.6 is 0 Å². The number of aliphatic carboxylic acids is 1. The number of fused-ring (bicyclic) bond motifs is 1. The Morgan fingerprint density at radius 2 is 2.05 bits per heavy atom. The third-order valence-corrected chi connectivity index (χ3v) is 4.38. The molecule has 0 saturated carbocycles. The largest absolute Gasteiger partial charge is 0.481 e. The molecule has 21 heavy (non-hydrogen) atoms. The number of anilines is 1. The Balaban J connectivity index is 1.85. The van der Waals surface area contributed by atoms with Gasteiger partial charge in [-0.05, 0) is 30.9 Å². The van der Waals surface area contributed by atoms with E-state index in [9.17, 15) is 9.59 Å². The summed E-state index contributed by atoms with van der Waals surface area (Å²) in [6, 6.07) is 7.68. The van der Waals surface area contributed by atoms with Crippen molar-refractivity contribution in [1.29, 1.82) is 0 Å². The lowest BCUT2D eigenvalue weighted by Gasteiger charge is -2.25. The third-order valence-electron chi connectivity index (χ3n) is 4.38. The van der Waals surface area contributed by atoms with E-state index < -0.39 is 5.97 Å². The van der Waals surface area contributed by atoms with Crippen molar-refractivity contribution in [3.05, 3.63) is 42.0 Å². The quantitative estimate of drug-likeness (QED) is 0.869. The number of allylic oxidation sites excluding steroid dienone is 2. The average molecular weight is 285 g/mol. The summed E-state index contributed by atoms with van der Waals surface area (Å²) in [4.78, 5) is 25.6. The van der Waals surface area contributed by atoms with Gasteiger partial charge in [-0.25, -0.2) is 0 Å². The molecule has 110 valence electrons. The van der Waals surface area contributed by atoms with Crippen LogP contribution in [0.2, 0.25) is 0 Å². The molecule has 2 aliphatic rings. The fraction of sp³-hybridized carbons (Fsp3) is 0.412. The summed E-state index contributed by atoms with van der Waals surface area (Å²) in [6.45, 7) is 0.491. The molecule has 0 aromatic heterocycles. The Labute approximate surface area is 124 Å². The van der Waals surface area contributed by atoms with Gasteiger partial charge in [0.25, 0.3) is 0 Å². The monoisotopic (exact) mass is 285 g/mol. The molecule has 1 amide bonds. The van der Waals surface area contributed by atoms with Crippen LogP contribution in [0.25, 0.3) is 0 Å². The van der Waals surface area contributed by atoms with E-state index in [1.807, 2.05) is 24.3 Å². The van der Waals surface area contributed by atoms with Crippen LogP contribution in [0.15, 0.2) is 36.4 Å². The Bertz CT molecular complexity index is 593. The summed E-state index contributed by atoms with van der Waals surface area (Å²) >= 11 is 0. The number of carbonyl (C=O) groups excluding carboxylic acids is 1. The second-order valence-corrected chi connectivity index (χ2v) is 5.78. The molecule has 4 nitrogen and oxygen atoms in total. The van der Waals surface area contributed by atoms with Gasteiger partial charge in [0.05, 0.1) is 6.42 Å². The second kappa shape index (κ2) is 5.72. The maximum Gasteiger partial charge on any atom is 0.304 e. The molecule has 1 aliphatic heterocycles. The first-order valence-electron chi connectivity index (χ1n) is 7.44. The van der Waals surface area contributed by atoms with Crippen LogP contribution in [-0.4, -0.2) is 23.5 Å². The number of rotatable bonds is 3. The number of hydrogen-bond donors (Lipinski definition) is 1. The first kappa shape index (κ1) is 13.9. The molecule has 2 unspecified atom stereocenters. The molecule has 1 aromatic rings. The Morgan fingerprint density at radius 1 is 1.24 bits per heavy atom. The van der Waals surface area contributed by atoms with Gasteiger partial charge in [-0.1, -0.05) is 30.4 Å². The van der Waals surface area contributed by atoms with Gasteiger partial charge in [0.15, 0.2) is 0 Å². The number of benzene rings is 1. The van der Waals surface area contributed by atoms with Crippen molar-refractivity contribution in [3.63, 3.8) is 0 Å². The fourth-order valence-corrected chi connectivity index (χ4v) is 3.33. The molecule has 0 spiro atoms. The van der Waals surface area contributed by atoms with E-state index in [0.29, 0.717) is 6.54 Å². The third kappa shape index (κ3) is 2.71. The summed E-state index contributed by atoms with van der Waals surface area (Å²) in [5.41, 5.74) is 1.88. The van der Waals surface area contributed by atoms with Crippen molar-refractivity contribution in [2.75, 3.05) is 11.4 Å². The molecule has 2 atom stereocenters. The van der Waals surface area contributed by atoms with E-state index >= 15 is 0 Å². The normalized spacial score (nSPS) is 23.9. The zero-order valence-electron chi connectivity index (χ0n) is 11.9. The van der Waals surface area contributed by atoms with Crippen molar-refractivity contribution in [3.8, 4) is 0 Å². The van der Waals surface area contributed by atoms with E-state index in [2.05, 4.69) is 12.2 Å². The van der Waals surface area contributed by atoms with Gasteiger partial charge in [0.2, 0.25) is 5.91 Å². The Hall–Kier alpha value is -2.10. The SMILES string of the molecule is O=C(O)CC1CN(C(=O)C2CC=CCC2)c2ccccc21.